The molecule has 0 spiro atoms. The normalized spacial score (nSPS) is 14.2. The minimum Gasteiger partial charge on any atom is -0.368 e. The maximum Gasteiger partial charge on any atom is 0.242 e. The van der Waals surface area contributed by atoms with Crippen LogP contribution >= 0.6 is 0 Å². The van der Waals surface area contributed by atoms with E-state index in [-0.39, 0.29) is 5.91 Å². The SMILES string of the molecule is CCCN(CC)CCC(NC)(C(N)=O)c1ccccc1. The molecule has 3 N–H and O–H groups in total. The summed E-state index contributed by atoms with van der Waals surface area (Å²) in [5.41, 5.74) is 5.84. The monoisotopic (exact) mass is 277 g/mol. The van der Waals surface area contributed by atoms with Gasteiger partial charge in [-0.3, -0.25) is 4.79 Å². The van der Waals surface area contributed by atoms with Crippen molar-refractivity contribution in [2.45, 2.75) is 32.2 Å². The van der Waals surface area contributed by atoms with Crippen LogP contribution in [0.1, 0.15) is 32.3 Å². The highest BCUT2D eigenvalue weighted by atomic mass is 16.1. The molecule has 0 bridgehead atoms. The number of likely N-dealkylation sites (N-methyl/N-ethyl adjacent to an activating group) is 1. The summed E-state index contributed by atoms with van der Waals surface area (Å²) in [4.78, 5) is 14.4. The first-order valence-electron chi connectivity index (χ1n) is 7.37. The molecule has 0 aromatic heterocycles. The van der Waals surface area contributed by atoms with E-state index in [0.717, 1.165) is 31.6 Å². The number of nitrogens with zero attached hydrogens (tertiary/aromatic N) is 1. The second kappa shape index (κ2) is 8.02. The van der Waals surface area contributed by atoms with Gasteiger partial charge in [0.15, 0.2) is 0 Å². The number of rotatable bonds is 9. The Morgan fingerprint density at radius 1 is 1.25 bits per heavy atom. The highest BCUT2D eigenvalue weighted by molar-refractivity contribution is 5.86. The summed E-state index contributed by atoms with van der Waals surface area (Å²) in [7, 11) is 1.80. The molecule has 1 unspecified atom stereocenters. The lowest BCUT2D eigenvalue weighted by Crippen LogP contribution is -2.52. The van der Waals surface area contributed by atoms with E-state index in [1.807, 2.05) is 30.3 Å². The fraction of sp³-hybridized carbons (Fsp3) is 0.562. The van der Waals surface area contributed by atoms with E-state index in [2.05, 4.69) is 24.1 Å². The molecule has 0 aliphatic carbocycles. The van der Waals surface area contributed by atoms with Crippen molar-refractivity contribution in [1.82, 2.24) is 10.2 Å². The molecule has 112 valence electrons. The van der Waals surface area contributed by atoms with Gasteiger partial charge in [0, 0.05) is 6.54 Å². The number of carbonyl (C=O) groups excluding carboxylic acids is 1. The van der Waals surface area contributed by atoms with Crippen molar-refractivity contribution in [2.24, 2.45) is 5.73 Å². The molecule has 4 heteroatoms. The van der Waals surface area contributed by atoms with Crippen molar-refractivity contribution < 1.29 is 4.79 Å². The number of primary amides is 1. The van der Waals surface area contributed by atoms with Gasteiger partial charge in [0.1, 0.15) is 5.54 Å². The zero-order valence-electron chi connectivity index (χ0n) is 12.9. The summed E-state index contributed by atoms with van der Waals surface area (Å²) in [5, 5.41) is 3.15. The summed E-state index contributed by atoms with van der Waals surface area (Å²) in [6.45, 7) is 7.19. The lowest BCUT2D eigenvalue weighted by molar-refractivity contribution is -0.125. The van der Waals surface area contributed by atoms with Crippen LogP contribution in [0.25, 0.3) is 0 Å². The third kappa shape index (κ3) is 3.81. The molecule has 1 rings (SSSR count). The van der Waals surface area contributed by atoms with E-state index in [4.69, 9.17) is 5.73 Å². The van der Waals surface area contributed by atoms with Crippen LogP contribution in [-0.4, -0.2) is 37.5 Å². The van der Waals surface area contributed by atoms with Gasteiger partial charge in [-0.1, -0.05) is 44.2 Å². The van der Waals surface area contributed by atoms with Crippen LogP contribution in [0.4, 0.5) is 0 Å². The first-order valence-corrected chi connectivity index (χ1v) is 7.37. The Labute approximate surface area is 122 Å². The standard InChI is InChI=1S/C16H27N3O/c1-4-12-19(5-2)13-11-16(18-3,15(17)20)14-9-7-6-8-10-14/h6-10,18H,4-5,11-13H2,1-3H3,(H2,17,20). The van der Waals surface area contributed by atoms with Crippen molar-refractivity contribution in [3.8, 4) is 0 Å². The zero-order chi connectivity index (χ0) is 15.0. The van der Waals surface area contributed by atoms with Gasteiger partial charge in [0.25, 0.3) is 0 Å². The van der Waals surface area contributed by atoms with Gasteiger partial charge in [-0.2, -0.15) is 0 Å². The number of hydrogen-bond donors (Lipinski definition) is 2. The average Bonchev–Trinajstić information content (AvgIpc) is 2.48. The van der Waals surface area contributed by atoms with Gasteiger partial charge < -0.3 is 16.0 Å². The molecule has 0 aliphatic rings. The topological polar surface area (TPSA) is 58.4 Å². The first-order chi connectivity index (χ1) is 9.60. The van der Waals surface area contributed by atoms with Gasteiger partial charge in [-0.15, -0.1) is 0 Å². The van der Waals surface area contributed by atoms with Crippen molar-refractivity contribution in [2.75, 3.05) is 26.7 Å². The summed E-state index contributed by atoms with van der Waals surface area (Å²) < 4.78 is 0. The number of amides is 1. The summed E-state index contributed by atoms with van der Waals surface area (Å²) >= 11 is 0. The van der Waals surface area contributed by atoms with Crippen LogP contribution in [0, 0.1) is 0 Å². The Morgan fingerprint density at radius 2 is 1.90 bits per heavy atom. The molecule has 0 saturated carbocycles. The molecule has 4 nitrogen and oxygen atoms in total. The second-order valence-electron chi connectivity index (χ2n) is 5.07. The lowest BCUT2D eigenvalue weighted by atomic mass is 9.85. The van der Waals surface area contributed by atoms with Crippen LogP contribution in [0.15, 0.2) is 30.3 Å². The maximum atomic E-state index is 12.1. The van der Waals surface area contributed by atoms with Gasteiger partial charge in [0.2, 0.25) is 5.91 Å². The fourth-order valence-electron chi connectivity index (χ4n) is 2.60. The molecular formula is C16H27N3O. The third-order valence-corrected chi connectivity index (χ3v) is 3.90. The minimum absolute atomic E-state index is 0.321. The van der Waals surface area contributed by atoms with Crippen LogP contribution in [-0.2, 0) is 10.3 Å². The van der Waals surface area contributed by atoms with Crippen LogP contribution < -0.4 is 11.1 Å². The van der Waals surface area contributed by atoms with E-state index in [1.54, 1.807) is 7.05 Å². The number of nitrogens with one attached hydrogen (secondary N) is 1. The summed E-state index contributed by atoms with van der Waals surface area (Å²) in [6.07, 6.45) is 1.79. The molecule has 20 heavy (non-hydrogen) atoms. The van der Waals surface area contributed by atoms with Gasteiger partial charge in [-0.05, 0) is 38.5 Å². The van der Waals surface area contributed by atoms with Crippen LogP contribution in [0.5, 0.6) is 0 Å². The molecule has 1 atom stereocenters. The van der Waals surface area contributed by atoms with Crippen molar-refractivity contribution >= 4 is 5.91 Å². The highest BCUT2D eigenvalue weighted by Gasteiger charge is 2.36. The molecular weight excluding hydrogens is 250 g/mol. The number of nitrogens with two attached hydrogens (primary N) is 1. The average molecular weight is 277 g/mol. The molecule has 0 radical (unpaired) electrons. The Kier molecular flexibility index (Phi) is 6.68. The first kappa shape index (κ1) is 16.7. The number of carbonyl (C=O) groups is 1. The molecule has 1 amide bonds. The molecule has 0 heterocycles. The maximum absolute atomic E-state index is 12.1. The number of benzene rings is 1. The van der Waals surface area contributed by atoms with E-state index >= 15 is 0 Å². The Morgan fingerprint density at radius 3 is 2.35 bits per heavy atom. The fourth-order valence-corrected chi connectivity index (χ4v) is 2.60. The molecule has 1 aromatic rings. The summed E-state index contributed by atoms with van der Waals surface area (Å²) in [6, 6.07) is 9.73. The predicted octanol–water partition coefficient (Wildman–Crippen LogP) is 1.71. The van der Waals surface area contributed by atoms with Crippen LogP contribution in [0.3, 0.4) is 0 Å². The van der Waals surface area contributed by atoms with E-state index in [9.17, 15) is 4.79 Å². The third-order valence-electron chi connectivity index (χ3n) is 3.90. The van der Waals surface area contributed by atoms with Crippen molar-refractivity contribution in [1.29, 1.82) is 0 Å². The number of hydrogen-bond acceptors (Lipinski definition) is 3. The van der Waals surface area contributed by atoms with Crippen LogP contribution in [0.2, 0.25) is 0 Å². The second-order valence-corrected chi connectivity index (χ2v) is 5.07. The largest absolute Gasteiger partial charge is 0.368 e. The van der Waals surface area contributed by atoms with Gasteiger partial charge >= 0.3 is 0 Å². The summed E-state index contributed by atoms with van der Waals surface area (Å²) in [5.74, 6) is -0.321. The Hall–Kier alpha value is -1.39. The quantitative estimate of drug-likeness (QED) is 0.722. The Balaban J connectivity index is 2.93. The van der Waals surface area contributed by atoms with E-state index in [1.165, 1.54) is 0 Å². The Bertz CT molecular complexity index is 407. The molecule has 0 saturated heterocycles. The van der Waals surface area contributed by atoms with Crippen molar-refractivity contribution in [3.05, 3.63) is 35.9 Å². The zero-order valence-corrected chi connectivity index (χ0v) is 12.9. The van der Waals surface area contributed by atoms with E-state index in [0.29, 0.717) is 6.42 Å². The molecule has 0 fully saturated rings. The van der Waals surface area contributed by atoms with Gasteiger partial charge in [0.05, 0.1) is 0 Å². The van der Waals surface area contributed by atoms with Gasteiger partial charge in [-0.25, -0.2) is 0 Å². The highest BCUT2D eigenvalue weighted by Crippen LogP contribution is 2.25. The minimum atomic E-state index is -0.789. The van der Waals surface area contributed by atoms with Crippen molar-refractivity contribution in [3.63, 3.8) is 0 Å². The predicted molar refractivity (Wildman–Crippen MR) is 83.4 cm³/mol. The lowest BCUT2D eigenvalue weighted by Gasteiger charge is -2.33. The van der Waals surface area contributed by atoms with E-state index < -0.39 is 5.54 Å². The smallest absolute Gasteiger partial charge is 0.242 e. The molecule has 0 aliphatic heterocycles. The molecule has 1 aromatic carbocycles.